The summed E-state index contributed by atoms with van der Waals surface area (Å²) in [5.74, 6) is -0.575. The predicted octanol–water partition coefficient (Wildman–Crippen LogP) is 7.50. The summed E-state index contributed by atoms with van der Waals surface area (Å²) < 4.78 is 9.67. The van der Waals surface area contributed by atoms with Crippen LogP contribution in [0.2, 0.25) is 0 Å². The Balaban J connectivity index is 0. The minimum atomic E-state index is -0.964. The number of unbranched alkanes of at least 4 members (excludes halogenated alkanes) is 16. The van der Waals surface area contributed by atoms with E-state index in [1.165, 1.54) is 83.5 Å². The summed E-state index contributed by atoms with van der Waals surface area (Å²) >= 11 is 0. The van der Waals surface area contributed by atoms with Gasteiger partial charge in [0.25, 0.3) is 0 Å². The molecular weight excluding hydrogens is 560 g/mol. The molecule has 44 heavy (non-hydrogen) atoms. The van der Waals surface area contributed by atoms with Gasteiger partial charge in [0, 0.05) is 12.8 Å². The molecule has 0 fully saturated rings. The number of rotatable bonds is 30. The number of ether oxygens (including phenoxy) is 2. The van der Waals surface area contributed by atoms with Gasteiger partial charge in [-0.25, -0.2) is 0 Å². The van der Waals surface area contributed by atoms with E-state index in [9.17, 15) is 9.59 Å². The Morgan fingerprint density at radius 2 is 0.864 bits per heavy atom. The fraction of sp³-hybridized carbons (Fsp3) is 0.833. The summed E-state index contributed by atoms with van der Waals surface area (Å²) in [4.78, 5) is 22.6. The highest BCUT2D eigenvalue weighted by Crippen LogP contribution is 2.11. The number of esters is 2. The Kier molecular flexibility index (Phi) is 37.8. The third-order valence-electron chi connectivity index (χ3n) is 7.11. The minimum Gasteiger partial charge on any atom is -0.463 e. The summed E-state index contributed by atoms with van der Waals surface area (Å²) in [6.07, 6.45) is 31.5. The molecule has 0 spiro atoms. The molecule has 0 saturated carbocycles. The van der Waals surface area contributed by atoms with Crippen molar-refractivity contribution in [2.75, 3.05) is 26.4 Å². The second-order valence-electron chi connectivity index (χ2n) is 11.6. The Labute approximate surface area is 269 Å². The molecule has 260 valence electrons. The Morgan fingerprint density at radius 1 is 0.523 bits per heavy atom. The lowest BCUT2D eigenvalue weighted by atomic mass is 10.1. The number of carbonyl (C=O) groups is 2. The van der Waals surface area contributed by atoms with Gasteiger partial charge in [0.15, 0.2) is 0 Å². The van der Waals surface area contributed by atoms with Crippen molar-refractivity contribution in [1.82, 2.24) is 0 Å². The van der Waals surface area contributed by atoms with Gasteiger partial charge in [-0.2, -0.15) is 0 Å². The maximum atomic E-state index is 11.4. The SMILES string of the molecule is CCCCC/C=C\C/C=C\CCCCCCCC(=O)OCC(O)CO.CCCCCCCCCCCC(=O)OCC(O)CO. The monoisotopic (exact) mass is 628 g/mol. The minimum absolute atomic E-state index is 0.104. The predicted molar refractivity (Wildman–Crippen MR) is 179 cm³/mol. The van der Waals surface area contributed by atoms with E-state index in [2.05, 4.69) is 38.2 Å². The van der Waals surface area contributed by atoms with E-state index in [1.807, 2.05) is 0 Å². The Morgan fingerprint density at radius 3 is 1.27 bits per heavy atom. The molecule has 0 bridgehead atoms. The van der Waals surface area contributed by atoms with Crippen molar-refractivity contribution in [2.45, 2.75) is 167 Å². The molecule has 0 radical (unpaired) electrons. The highest BCUT2D eigenvalue weighted by Gasteiger charge is 2.08. The molecule has 2 atom stereocenters. The van der Waals surface area contributed by atoms with Crippen molar-refractivity contribution in [1.29, 1.82) is 0 Å². The van der Waals surface area contributed by atoms with Gasteiger partial charge in [-0.1, -0.05) is 122 Å². The molecule has 0 aromatic carbocycles. The van der Waals surface area contributed by atoms with Crippen LogP contribution in [-0.4, -0.2) is 71.0 Å². The van der Waals surface area contributed by atoms with Crippen LogP contribution < -0.4 is 0 Å². The molecule has 8 heteroatoms. The zero-order valence-electron chi connectivity index (χ0n) is 28.3. The van der Waals surface area contributed by atoms with Crippen molar-refractivity contribution in [3.63, 3.8) is 0 Å². The van der Waals surface area contributed by atoms with Crippen molar-refractivity contribution < 1.29 is 39.5 Å². The molecule has 0 aromatic rings. The second-order valence-corrected chi connectivity index (χ2v) is 11.6. The van der Waals surface area contributed by atoms with Crippen LogP contribution in [0.15, 0.2) is 24.3 Å². The van der Waals surface area contributed by atoms with Crippen LogP contribution in [0.4, 0.5) is 0 Å². The molecule has 2 unspecified atom stereocenters. The number of hydrogen-bond acceptors (Lipinski definition) is 8. The number of aliphatic hydroxyl groups is 4. The lowest BCUT2D eigenvalue weighted by Gasteiger charge is -2.08. The molecule has 0 aliphatic rings. The molecule has 8 nitrogen and oxygen atoms in total. The van der Waals surface area contributed by atoms with Gasteiger partial charge >= 0.3 is 11.9 Å². The Bertz CT molecular complexity index is 665. The number of allylic oxidation sites excluding steroid dienone is 4. The van der Waals surface area contributed by atoms with Crippen LogP contribution in [0.1, 0.15) is 155 Å². The van der Waals surface area contributed by atoms with E-state index in [1.54, 1.807) is 0 Å². The topological polar surface area (TPSA) is 134 Å². The quantitative estimate of drug-likeness (QED) is 0.0365. The third-order valence-corrected chi connectivity index (χ3v) is 7.11. The van der Waals surface area contributed by atoms with Crippen LogP contribution >= 0.6 is 0 Å². The van der Waals surface area contributed by atoms with Gasteiger partial charge in [0.2, 0.25) is 0 Å². The van der Waals surface area contributed by atoms with E-state index >= 15 is 0 Å². The van der Waals surface area contributed by atoms with E-state index in [-0.39, 0.29) is 38.4 Å². The molecule has 0 saturated heterocycles. The van der Waals surface area contributed by atoms with E-state index in [0.717, 1.165) is 44.9 Å². The van der Waals surface area contributed by atoms with Crippen molar-refractivity contribution in [3.8, 4) is 0 Å². The van der Waals surface area contributed by atoms with E-state index in [0.29, 0.717) is 12.8 Å². The summed E-state index contributed by atoms with van der Waals surface area (Å²) in [5.41, 5.74) is 0. The molecule has 0 heterocycles. The summed E-state index contributed by atoms with van der Waals surface area (Å²) in [5, 5.41) is 35.3. The third kappa shape index (κ3) is 38.3. The molecule has 0 aliphatic carbocycles. The fourth-order valence-electron chi connectivity index (χ4n) is 4.29. The fourth-order valence-corrected chi connectivity index (χ4v) is 4.29. The standard InChI is InChI=1S/C21H38O4.C15H30O4/c1-2-3-4-5-6-7-8-9-10-11-12-13-14-15-16-17-21(24)25-19-20(23)18-22;1-2-3-4-5-6-7-8-9-10-11-15(18)19-13-14(17)12-16/h6-7,9-10,20,22-23H,2-5,8,11-19H2,1H3;14,16-17H,2-13H2,1H3/b7-6-,10-9-;. The van der Waals surface area contributed by atoms with Gasteiger partial charge in [-0.3, -0.25) is 9.59 Å². The number of aliphatic hydroxyl groups excluding tert-OH is 4. The molecule has 0 amide bonds. The normalized spacial score (nSPS) is 12.7. The first kappa shape index (κ1) is 44.4. The van der Waals surface area contributed by atoms with Gasteiger partial charge in [0.1, 0.15) is 25.4 Å². The lowest BCUT2D eigenvalue weighted by Crippen LogP contribution is -2.21. The van der Waals surface area contributed by atoms with Crippen molar-refractivity contribution in [3.05, 3.63) is 24.3 Å². The second kappa shape index (κ2) is 37.4. The van der Waals surface area contributed by atoms with Crippen LogP contribution in [0, 0.1) is 0 Å². The van der Waals surface area contributed by atoms with E-state index < -0.39 is 12.2 Å². The zero-order chi connectivity index (χ0) is 32.9. The maximum absolute atomic E-state index is 11.4. The first-order valence-electron chi connectivity index (χ1n) is 17.6. The first-order valence-corrected chi connectivity index (χ1v) is 17.6. The largest absolute Gasteiger partial charge is 0.463 e. The number of carbonyl (C=O) groups excluding carboxylic acids is 2. The lowest BCUT2D eigenvalue weighted by molar-refractivity contribution is -0.148. The van der Waals surface area contributed by atoms with Crippen LogP contribution in [-0.2, 0) is 19.1 Å². The average Bonchev–Trinajstić information content (AvgIpc) is 3.03. The highest BCUT2D eigenvalue weighted by atomic mass is 16.5. The van der Waals surface area contributed by atoms with Crippen molar-refractivity contribution >= 4 is 11.9 Å². The van der Waals surface area contributed by atoms with Crippen molar-refractivity contribution in [2.24, 2.45) is 0 Å². The smallest absolute Gasteiger partial charge is 0.305 e. The molecule has 0 aliphatic heterocycles. The summed E-state index contributed by atoms with van der Waals surface area (Å²) in [7, 11) is 0. The van der Waals surface area contributed by atoms with Gasteiger partial charge in [-0.05, 0) is 44.9 Å². The summed E-state index contributed by atoms with van der Waals surface area (Å²) in [6.45, 7) is 3.48. The average molecular weight is 629 g/mol. The van der Waals surface area contributed by atoms with Crippen LogP contribution in [0.3, 0.4) is 0 Å². The van der Waals surface area contributed by atoms with Crippen LogP contribution in [0.5, 0.6) is 0 Å². The molecule has 0 rings (SSSR count). The van der Waals surface area contributed by atoms with Gasteiger partial charge in [-0.15, -0.1) is 0 Å². The van der Waals surface area contributed by atoms with E-state index in [4.69, 9.17) is 29.9 Å². The Hall–Kier alpha value is -1.74. The summed E-state index contributed by atoms with van der Waals surface area (Å²) in [6, 6.07) is 0. The first-order chi connectivity index (χ1) is 21.4. The zero-order valence-corrected chi connectivity index (χ0v) is 28.3. The van der Waals surface area contributed by atoms with Gasteiger partial charge in [0.05, 0.1) is 13.2 Å². The van der Waals surface area contributed by atoms with Gasteiger partial charge < -0.3 is 29.9 Å². The molecule has 4 N–H and O–H groups in total. The molecular formula is C36H68O8. The number of hydrogen-bond donors (Lipinski definition) is 4. The maximum Gasteiger partial charge on any atom is 0.305 e. The molecule has 0 aromatic heterocycles. The highest BCUT2D eigenvalue weighted by molar-refractivity contribution is 5.69. The van der Waals surface area contributed by atoms with Crippen LogP contribution in [0.25, 0.3) is 0 Å².